The fraction of sp³-hybridized carbons (Fsp3) is 0.0435. The van der Waals surface area contributed by atoms with Crippen LogP contribution in [0, 0.1) is 5.82 Å². The number of carboxylic acids is 1. The number of benzene rings is 3. The summed E-state index contributed by atoms with van der Waals surface area (Å²) in [6.07, 6.45) is 0. The number of ether oxygens (including phenoxy) is 1. The number of rotatable bonds is 6. The highest BCUT2D eigenvalue weighted by Gasteiger charge is 2.24. The van der Waals surface area contributed by atoms with Crippen molar-refractivity contribution in [1.29, 1.82) is 0 Å². The van der Waals surface area contributed by atoms with Crippen LogP contribution in [-0.4, -0.2) is 16.2 Å². The summed E-state index contributed by atoms with van der Waals surface area (Å²) in [6, 6.07) is 19.9. The number of nitrogens with zero attached hydrogens (tertiary/aromatic N) is 1. The van der Waals surface area contributed by atoms with Gasteiger partial charge in [0.25, 0.3) is 0 Å². The summed E-state index contributed by atoms with van der Waals surface area (Å²) in [4.78, 5) is 11.6. The smallest absolute Gasteiger partial charge is 0.358 e. The Morgan fingerprint density at radius 3 is 2.50 bits per heavy atom. The SMILES string of the molecule is O=C(O)c1noc(-c2ccc(OCc3cccc(F)c3)cc2)c1-c1cccc(Cl)c1. The van der Waals surface area contributed by atoms with Gasteiger partial charge in [-0.1, -0.05) is 41.0 Å². The van der Waals surface area contributed by atoms with E-state index in [1.54, 1.807) is 60.7 Å². The van der Waals surface area contributed by atoms with Gasteiger partial charge in [-0.05, 0) is 59.7 Å². The average Bonchev–Trinajstić information content (AvgIpc) is 3.18. The second-order valence-electron chi connectivity index (χ2n) is 6.49. The summed E-state index contributed by atoms with van der Waals surface area (Å²) in [7, 11) is 0. The molecule has 1 heterocycles. The monoisotopic (exact) mass is 423 g/mol. The Hall–Kier alpha value is -3.64. The van der Waals surface area contributed by atoms with E-state index in [9.17, 15) is 14.3 Å². The van der Waals surface area contributed by atoms with Crippen LogP contribution in [0.1, 0.15) is 16.1 Å². The first-order valence-corrected chi connectivity index (χ1v) is 9.35. The largest absolute Gasteiger partial charge is 0.489 e. The van der Waals surface area contributed by atoms with E-state index in [2.05, 4.69) is 5.16 Å². The van der Waals surface area contributed by atoms with Crippen molar-refractivity contribution in [3.63, 3.8) is 0 Å². The number of aromatic nitrogens is 1. The van der Waals surface area contributed by atoms with Crippen LogP contribution in [-0.2, 0) is 6.61 Å². The van der Waals surface area contributed by atoms with E-state index < -0.39 is 5.97 Å². The maximum Gasteiger partial charge on any atom is 0.358 e. The minimum Gasteiger partial charge on any atom is -0.489 e. The Morgan fingerprint density at radius 2 is 1.80 bits per heavy atom. The third-order valence-electron chi connectivity index (χ3n) is 4.42. The summed E-state index contributed by atoms with van der Waals surface area (Å²) < 4.78 is 24.3. The van der Waals surface area contributed by atoms with Crippen molar-refractivity contribution in [2.75, 3.05) is 0 Å². The Bertz CT molecular complexity index is 1200. The molecule has 1 N–H and O–H groups in total. The molecule has 0 saturated heterocycles. The first kappa shape index (κ1) is 19.7. The topological polar surface area (TPSA) is 72.6 Å². The predicted molar refractivity (Wildman–Crippen MR) is 110 cm³/mol. The zero-order chi connectivity index (χ0) is 21.1. The lowest BCUT2D eigenvalue weighted by atomic mass is 9.99. The number of hydrogen-bond acceptors (Lipinski definition) is 4. The van der Waals surface area contributed by atoms with Crippen molar-refractivity contribution in [2.45, 2.75) is 6.61 Å². The minimum atomic E-state index is -1.20. The fourth-order valence-corrected chi connectivity index (χ4v) is 3.23. The molecule has 0 aliphatic rings. The lowest BCUT2D eigenvalue weighted by Crippen LogP contribution is -1.99. The van der Waals surface area contributed by atoms with Crippen LogP contribution in [0.2, 0.25) is 5.02 Å². The highest BCUT2D eigenvalue weighted by atomic mass is 35.5. The van der Waals surface area contributed by atoms with Gasteiger partial charge in [-0.15, -0.1) is 0 Å². The molecule has 5 nitrogen and oxygen atoms in total. The van der Waals surface area contributed by atoms with Gasteiger partial charge in [0.15, 0.2) is 11.5 Å². The zero-order valence-electron chi connectivity index (χ0n) is 15.5. The number of carboxylic acid groups (broad SMARTS) is 1. The molecule has 3 aromatic carbocycles. The van der Waals surface area contributed by atoms with E-state index >= 15 is 0 Å². The summed E-state index contributed by atoms with van der Waals surface area (Å²) in [5.41, 5.74) is 2.08. The molecular weight excluding hydrogens is 409 g/mol. The number of aromatic carboxylic acids is 1. The van der Waals surface area contributed by atoms with E-state index in [0.29, 0.717) is 38.8 Å². The molecule has 0 bridgehead atoms. The van der Waals surface area contributed by atoms with Gasteiger partial charge in [0.2, 0.25) is 0 Å². The van der Waals surface area contributed by atoms with Gasteiger partial charge in [-0.25, -0.2) is 9.18 Å². The molecule has 0 fully saturated rings. The maximum absolute atomic E-state index is 13.3. The van der Waals surface area contributed by atoms with E-state index in [4.69, 9.17) is 20.9 Å². The third kappa shape index (κ3) is 4.18. The molecule has 30 heavy (non-hydrogen) atoms. The molecule has 4 aromatic rings. The summed E-state index contributed by atoms with van der Waals surface area (Å²) in [5.74, 6) is -0.633. The predicted octanol–water partition coefficient (Wildman–Crippen LogP) is 6.08. The second kappa shape index (κ2) is 8.39. The first-order chi connectivity index (χ1) is 14.5. The van der Waals surface area contributed by atoms with Gasteiger partial charge in [0, 0.05) is 10.6 Å². The molecule has 7 heteroatoms. The van der Waals surface area contributed by atoms with E-state index in [0.717, 1.165) is 0 Å². The van der Waals surface area contributed by atoms with Gasteiger partial charge in [-0.2, -0.15) is 0 Å². The number of halogens is 2. The molecule has 0 amide bonds. The highest BCUT2D eigenvalue weighted by molar-refractivity contribution is 6.30. The van der Waals surface area contributed by atoms with E-state index in [1.807, 2.05) is 0 Å². The quantitative estimate of drug-likeness (QED) is 0.407. The lowest BCUT2D eigenvalue weighted by molar-refractivity contribution is 0.0686. The lowest BCUT2D eigenvalue weighted by Gasteiger charge is -2.08. The van der Waals surface area contributed by atoms with E-state index in [-0.39, 0.29) is 18.1 Å². The summed E-state index contributed by atoms with van der Waals surface area (Å²) in [6.45, 7) is 0.219. The van der Waals surface area contributed by atoms with Crippen molar-refractivity contribution < 1.29 is 23.6 Å². The molecule has 0 saturated carbocycles. The van der Waals surface area contributed by atoms with Crippen LogP contribution in [0.5, 0.6) is 5.75 Å². The average molecular weight is 424 g/mol. The van der Waals surface area contributed by atoms with Gasteiger partial charge in [0.1, 0.15) is 18.2 Å². The van der Waals surface area contributed by atoms with Crippen LogP contribution in [0.25, 0.3) is 22.5 Å². The number of carbonyl (C=O) groups is 1. The molecule has 0 unspecified atom stereocenters. The molecule has 1 aromatic heterocycles. The zero-order valence-corrected chi connectivity index (χ0v) is 16.3. The molecule has 150 valence electrons. The second-order valence-corrected chi connectivity index (χ2v) is 6.93. The molecule has 4 rings (SSSR count). The van der Waals surface area contributed by atoms with Crippen LogP contribution in [0.3, 0.4) is 0 Å². The van der Waals surface area contributed by atoms with E-state index in [1.165, 1.54) is 12.1 Å². The molecule has 0 aliphatic heterocycles. The maximum atomic E-state index is 13.3. The van der Waals surface area contributed by atoms with Crippen LogP contribution in [0.15, 0.2) is 77.3 Å². The fourth-order valence-electron chi connectivity index (χ4n) is 3.04. The molecule has 0 aliphatic carbocycles. The van der Waals surface area contributed by atoms with Crippen molar-refractivity contribution >= 4 is 17.6 Å². The Balaban J connectivity index is 1.62. The standard InChI is InChI=1S/C23H15ClFNO4/c24-17-5-2-4-16(12-17)20-21(23(27)28)26-30-22(20)15-7-9-19(10-8-15)29-13-14-3-1-6-18(25)11-14/h1-12H,13H2,(H,27,28). The van der Waals surface area contributed by atoms with Crippen LogP contribution >= 0.6 is 11.6 Å². The highest BCUT2D eigenvalue weighted by Crippen LogP contribution is 2.36. The van der Waals surface area contributed by atoms with Crippen molar-refractivity contribution in [3.05, 3.63) is 94.9 Å². The number of hydrogen-bond donors (Lipinski definition) is 1. The third-order valence-corrected chi connectivity index (χ3v) is 4.65. The first-order valence-electron chi connectivity index (χ1n) is 8.98. The molecule has 0 atom stereocenters. The van der Waals surface area contributed by atoms with Crippen LogP contribution in [0.4, 0.5) is 4.39 Å². The Morgan fingerprint density at radius 1 is 1.03 bits per heavy atom. The molecular formula is C23H15ClFNO4. The molecule has 0 spiro atoms. The van der Waals surface area contributed by atoms with Gasteiger partial charge in [0.05, 0.1) is 5.56 Å². The van der Waals surface area contributed by atoms with Crippen molar-refractivity contribution in [1.82, 2.24) is 5.16 Å². The molecule has 0 radical (unpaired) electrons. The Kier molecular flexibility index (Phi) is 5.50. The van der Waals surface area contributed by atoms with Gasteiger partial charge < -0.3 is 14.4 Å². The summed E-state index contributed by atoms with van der Waals surface area (Å²) in [5, 5.41) is 13.7. The summed E-state index contributed by atoms with van der Waals surface area (Å²) >= 11 is 6.07. The van der Waals surface area contributed by atoms with Gasteiger partial charge >= 0.3 is 5.97 Å². The van der Waals surface area contributed by atoms with Crippen molar-refractivity contribution in [2.24, 2.45) is 0 Å². The normalized spacial score (nSPS) is 10.7. The minimum absolute atomic E-state index is 0.196. The van der Waals surface area contributed by atoms with Crippen LogP contribution < -0.4 is 4.74 Å². The Labute approximate surface area is 176 Å². The van der Waals surface area contributed by atoms with Crippen molar-refractivity contribution in [3.8, 4) is 28.2 Å². The van der Waals surface area contributed by atoms with Gasteiger partial charge in [-0.3, -0.25) is 0 Å².